The Kier molecular flexibility index (Phi) is 6.69. The maximum absolute atomic E-state index is 12.2. The summed E-state index contributed by atoms with van der Waals surface area (Å²) in [5.74, 6) is 1.18. The fourth-order valence-electron chi connectivity index (χ4n) is 2.63. The first-order valence-electron chi connectivity index (χ1n) is 8.73. The molecule has 0 bridgehead atoms. The van der Waals surface area contributed by atoms with Crippen molar-refractivity contribution >= 4 is 35.0 Å². The van der Waals surface area contributed by atoms with Crippen molar-refractivity contribution in [1.29, 1.82) is 5.26 Å². The van der Waals surface area contributed by atoms with Gasteiger partial charge in [-0.3, -0.25) is 4.79 Å². The molecule has 1 heterocycles. The van der Waals surface area contributed by atoms with Crippen molar-refractivity contribution in [1.82, 2.24) is 14.8 Å². The van der Waals surface area contributed by atoms with E-state index in [2.05, 4.69) is 21.6 Å². The van der Waals surface area contributed by atoms with Crippen molar-refractivity contribution in [3.05, 3.63) is 59.1 Å². The van der Waals surface area contributed by atoms with Crippen LogP contribution in [0.5, 0.6) is 0 Å². The van der Waals surface area contributed by atoms with Gasteiger partial charge in [0.05, 0.1) is 11.3 Å². The second kappa shape index (κ2) is 9.40. The van der Waals surface area contributed by atoms with E-state index in [1.165, 1.54) is 11.8 Å². The zero-order valence-electron chi connectivity index (χ0n) is 15.2. The van der Waals surface area contributed by atoms with E-state index in [1.54, 1.807) is 24.3 Å². The number of hydrogen-bond acceptors (Lipinski definition) is 5. The Bertz CT molecular complexity index is 1010. The van der Waals surface area contributed by atoms with Crippen LogP contribution in [0.15, 0.2) is 53.7 Å². The van der Waals surface area contributed by atoms with E-state index in [0.29, 0.717) is 28.4 Å². The predicted octanol–water partition coefficient (Wildman–Crippen LogP) is 4.61. The van der Waals surface area contributed by atoms with Crippen LogP contribution in [0.25, 0.3) is 11.4 Å². The molecule has 0 saturated carbocycles. The second-order valence-electron chi connectivity index (χ2n) is 5.86. The van der Waals surface area contributed by atoms with Crippen LogP contribution in [0.4, 0.5) is 5.69 Å². The molecule has 1 amide bonds. The third kappa shape index (κ3) is 4.71. The van der Waals surface area contributed by atoms with Crippen molar-refractivity contribution in [3.63, 3.8) is 0 Å². The molecule has 0 saturated heterocycles. The van der Waals surface area contributed by atoms with E-state index in [1.807, 2.05) is 35.8 Å². The van der Waals surface area contributed by atoms with Gasteiger partial charge in [0.25, 0.3) is 0 Å². The molecule has 0 aliphatic carbocycles. The van der Waals surface area contributed by atoms with Gasteiger partial charge >= 0.3 is 0 Å². The van der Waals surface area contributed by atoms with Crippen LogP contribution in [-0.4, -0.2) is 26.4 Å². The van der Waals surface area contributed by atoms with Crippen LogP contribution in [0, 0.1) is 11.3 Å². The lowest BCUT2D eigenvalue weighted by Crippen LogP contribution is -2.13. The number of para-hydroxylation sites is 1. The Morgan fingerprint density at radius 1 is 1.21 bits per heavy atom. The first-order valence-corrected chi connectivity index (χ1v) is 10.1. The molecule has 28 heavy (non-hydrogen) atoms. The molecule has 3 aromatic rings. The van der Waals surface area contributed by atoms with Gasteiger partial charge in [-0.05, 0) is 43.3 Å². The number of nitrogens with zero attached hydrogens (tertiary/aromatic N) is 4. The van der Waals surface area contributed by atoms with E-state index in [0.717, 1.165) is 23.1 Å². The highest BCUT2D eigenvalue weighted by Crippen LogP contribution is 2.25. The molecular weight excluding hydrogens is 394 g/mol. The minimum atomic E-state index is -0.143. The fourth-order valence-corrected chi connectivity index (χ4v) is 3.70. The summed E-state index contributed by atoms with van der Waals surface area (Å²) in [6, 6.07) is 16.5. The van der Waals surface area contributed by atoms with Gasteiger partial charge in [-0.25, -0.2) is 0 Å². The number of carbonyl (C=O) groups excluding carboxylic acids is 1. The molecule has 8 heteroatoms. The lowest BCUT2D eigenvalue weighted by Gasteiger charge is -2.08. The van der Waals surface area contributed by atoms with E-state index in [-0.39, 0.29) is 5.91 Å². The van der Waals surface area contributed by atoms with Crippen LogP contribution < -0.4 is 5.32 Å². The number of nitrogens with one attached hydrogen (secondary N) is 1. The Morgan fingerprint density at radius 3 is 2.68 bits per heavy atom. The normalized spacial score (nSPS) is 10.5. The number of thioether (sulfide) groups is 1. The summed E-state index contributed by atoms with van der Waals surface area (Å²) in [7, 11) is 0. The average Bonchev–Trinajstić information content (AvgIpc) is 3.11. The topological polar surface area (TPSA) is 83.6 Å². The van der Waals surface area contributed by atoms with Crippen molar-refractivity contribution in [3.8, 4) is 17.5 Å². The Morgan fingerprint density at radius 2 is 1.96 bits per heavy atom. The molecule has 6 nitrogen and oxygen atoms in total. The Hall–Kier alpha value is -2.82. The summed E-state index contributed by atoms with van der Waals surface area (Å²) in [6.45, 7) is 2.74. The molecule has 3 rings (SSSR count). The quantitative estimate of drug-likeness (QED) is 0.574. The molecule has 1 N–H and O–H groups in total. The minimum Gasteiger partial charge on any atom is -0.325 e. The third-order valence-electron chi connectivity index (χ3n) is 4.02. The Labute approximate surface area is 172 Å². The first kappa shape index (κ1) is 19.9. The predicted molar refractivity (Wildman–Crippen MR) is 111 cm³/mol. The maximum atomic E-state index is 12.2. The number of halogens is 1. The number of hydrogen-bond donors (Lipinski definition) is 1. The monoisotopic (exact) mass is 411 g/mol. The fraction of sp³-hybridized carbons (Fsp3) is 0.200. The third-order valence-corrected chi connectivity index (χ3v) is 5.24. The number of aromatic nitrogens is 3. The molecule has 0 unspecified atom stereocenters. The van der Waals surface area contributed by atoms with Gasteiger partial charge in [-0.1, -0.05) is 35.5 Å². The highest BCUT2D eigenvalue weighted by atomic mass is 35.5. The summed E-state index contributed by atoms with van der Waals surface area (Å²) in [5, 5.41) is 21.9. The number of amides is 1. The molecule has 142 valence electrons. The highest BCUT2D eigenvalue weighted by Gasteiger charge is 2.14. The number of benzene rings is 2. The summed E-state index contributed by atoms with van der Waals surface area (Å²) in [5.41, 5.74) is 1.92. The first-order chi connectivity index (χ1) is 13.6. The Balaban J connectivity index is 1.61. The molecule has 2 aromatic carbocycles. The zero-order valence-corrected chi connectivity index (χ0v) is 16.8. The van der Waals surface area contributed by atoms with E-state index >= 15 is 0 Å². The molecule has 0 aliphatic rings. The molecule has 0 radical (unpaired) electrons. The molecule has 0 aliphatic heterocycles. The maximum Gasteiger partial charge on any atom is 0.225 e. The lowest BCUT2D eigenvalue weighted by molar-refractivity contribution is -0.115. The molecule has 1 aromatic heterocycles. The number of carbonyl (C=O) groups is 1. The summed E-state index contributed by atoms with van der Waals surface area (Å²) < 4.78 is 2.01. The van der Waals surface area contributed by atoms with E-state index in [9.17, 15) is 4.79 Å². The minimum absolute atomic E-state index is 0.143. The summed E-state index contributed by atoms with van der Waals surface area (Å²) in [4.78, 5) is 12.2. The SMILES string of the molecule is CCn1c(SCCC(=O)Nc2ccccc2C#N)nnc1-c1ccc(Cl)cc1. The standard InChI is InChI=1S/C20H18ClN5OS/c1-2-26-19(14-7-9-16(21)10-8-14)24-25-20(26)28-12-11-18(27)23-17-6-4-3-5-15(17)13-22/h3-10H,2,11-12H2,1H3,(H,23,27). The van der Waals surface area contributed by atoms with Crippen molar-refractivity contribution in [2.75, 3.05) is 11.1 Å². The van der Waals surface area contributed by atoms with Crippen LogP contribution in [0.2, 0.25) is 5.02 Å². The van der Waals surface area contributed by atoms with Gasteiger partial charge in [0, 0.05) is 29.3 Å². The second-order valence-corrected chi connectivity index (χ2v) is 7.36. The van der Waals surface area contributed by atoms with Gasteiger partial charge in [-0.15, -0.1) is 10.2 Å². The number of anilines is 1. The lowest BCUT2D eigenvalue weighted by atomic mass is 10.2. The average molecular weight is 412 g/mol. The van der Waals surface area contributed by atoms with Gasteiger partial charge in [0.15, 0.2) is 11.0 Å². The van der Waals surface area contributed by atoms with Crippen LogP contribution in [0.1, 0.15) is 18.9 Å². The highest BCUT2D eigenvalue weighted by molar-refractivity contribution is 7.99. The number of nitriles is 1. The van der Waals surface area contributed by atoms with E-state index < -0.39 is 0 Å². The van der Waals surface area contributed by atoms with Crippen molar-refractivity contribution < 1.29 is 4.79 Å². The van der Waals surface area contributed by atoms with Gasteiger partial charge < -0.3 is 9.88 Å². The van der Waals surface area contributed by atoms with Crippen LogP contribution in [-0.2, 0) is 11.3 Å². The summed E-state index contributed by atoms with van der Waals surface area (Å²) >= 11 is 7.43. The number of rotatable bonds is 7. The molecular formula is C20H18ClN5OS. The summed E-state index contributed by atoms with van der Waals surface area (Å²) in [6.07, 6.45) is 0.303. The molecule has 0 spiro atoms. The largest absolute Gasteiger partial charge is 0.325 e. The van der Waals surface area contributed by atoms with Crippen molar-refractivity contribution in [2.24, 2.45) is 0 Å². The van der Waals surface area contributed by atoms with Gasteiger partial charge in [0.2, 0.25) is 5.91 Å². The van der Waals surface area contributed by atoms with Crippen LogP contribution >= 0.6 is 23.4 Å². The molecule has 0 fully saturated rings. The van der Waals surface area contributed by atoms with E-state index in [4.69, 9.17) is 16.9 Å². The smallest absolute Gasteiger partial charge is 0.225 e. The van der Waals surface area contributed by atoms with Gasteiger partial charge in [0.1, 0.15) is 6.07 Å². The zero-order chi connectivity index (χ0) is 19.9. The molecule has 0 atom stereocenters. The van der Waals surface area contributed by atoms with Gasteiger partial charge in [-0.2, -0.15) is 5.26 Å². The van der Waals surface area contributed by atoms with Crippen LogP contribution in [0.3, 0.4) is 0 Å². The van der Waals surface area contributed by atoms with Crippen molar-refractivity contribution in [2.45, 2.75) is 25.0 Å².